The Morgan fingerprint density at radius 2 is 1.44 bits per heavy atom. The Kier molecular flexibility index (Phi) is 12.8. The molecule has 0 spiro atoms. The summed E-state index contributed by atoms with van der Waals surface area (Å²) >= 11 is 0. The van der Waals surface area contributed by atoms with E-state index < -0.39 is 0 Å². The second-order valence-corrected chi connectivity index (χ2v) is 8.58. The fourth-order valence-electron chi connectivity index (χ4n) is 4.59. The van der Waals surface area contributed by atoms with Gasteiger partial charge in [0.15, 0.2) is 0 Å². The molecule has 2 nitrogen and oxygen atoms in total. The fraction of sp³-hybridized carbons (Fsp3) is 0.727. The van der Waals surface area contributed by atoms with Crippen LogP contribution in [0.3, 0.4) is 0 Å². The standard InChI is InChI=1S/C22H36N2.2ClH.Ru/c1-17(2)20-11-8-12-21(18(3)4)22(20)24-14-13-23(16-24)15-19-9-6-5-7-10-19;;;/h8,11-12,17-19H,5-7,9-10,13-16H2,1-4H3;2*1H;/q;;;+2/p-2. The van der Waals surface area contributed by atoms with Crippen molar-refractivity contribution in [3.05, 3.63) is 29.3 Å². The van der Waals surface area contributed by atoms with Gasteiger partial charge in [0.2, 0.25) is 0 Å². The van der Waals surface area contributed by atoms with E-state index in [1.54, 1.807) is 0 Å². The Bertz CT molecular complexity index is 519. The Labute approximate surface area is 192 Å². The molecule has 5 heteroatoms. The molecule has 0 amide bonds. The summed E-state index contributed by atoms with van der Waals surface area (Å²) in [6.07, 6.45) is 7.28. The molecule has 0 bridgehead atoms. The number of anilines is 1. The summed E-state index contributed by atoms with van der Waals surface area (Å²) in [5.41, 5.74) is 4.59. The van der Waals surface area contributed by atoms with Crippen LogP contribution in [0.25, 0.3) is 0 Å². The molecule has 1 aromatic rings. The maximum Gasteiger partial charge on any atom is 2.00 e. The first-order chi connectivity index (χ1) is 11.6. The van der Waals surface area contributed by atoms with Gasteiger partial charge in [0.1, 0.15) is 0 Å². The molecule has 1 aromatic carbocycles. The topological polar surface area (TPSA) is 6.48 Å². The quantitative estimate of drug-likeness (QED) is 0.508. The van der Waals surface area contributed by atoms with Crippen molar-refractivity contribution < 1.29 is 44.3 Å². The third-order valence-electron chi connectivity index (χ3n) is 5.96. The van der Waals surface area contributed by atoms with Crippen molar-refractivity contribution in [2.75, 3.05) is 31.2 Å². The van der Waals surface area contributed by atoms with E-state index in [9.17, 15) is 0 Å². The Hall–Kier alpha value is 0.183. The molecule has 0 N–H and O–H groups in total. The van der Waals surface area contributed by atoms with Gasteiger partial charge < -0.3 is 29.7 Å². The third-order valence-corrected chi connectivity index (χ3v) is 5.96. The van der Waals surface area contributed by atoms with E-state index in [4.69, 9.17) is 0 Å². The van der Waals surface area contributed by atoms with Gasteiger partial charge in [0, 0.05) is 25.3 Å². The number of rotatable bonds is 5. The largest absolute Gasteiger partial charge is 2.00 e. The van der Waals surface area contributed by atoms with Gasteiger partial charge in [-0.2, -0.15) is 0 Å². The summed E-state index contributed by atoms with van der Waals surface area (Å²) in [6, 6.07) is 6.94. The van der Waals surface area contributed by atoms with E-state index in [0.717, 1.165) is 12.6 Å². The third kappa shape index (κ3) is 6.88. The maximum atomic E-state index is 2.71. The molecule has 0 aromatic heterocycles. The molecular formula is C22H36Cl2N2Ru. The molecule has 2 fully saturated rings. The van der Waals surface area contributed by atoms with Crippen molar-refractivity contribution >= 4 is 5.69 Å². The molecule has 0 atom stereocenters. The number of halogens is 2. The predicted molar refractivity (Wildman–Crippen MR) is 105 cm³/mol. The summed E-state index contributed by atoms with van der Waals surface area (Å²) in [7, 11) is 0. The normalized spacial score (nSPS) is 18.2. The average Bonchev–Trinajstić information content (AvgIpc) is 3.03. The molecule has 1 heterocycles. The summed E-state index contributed by atoms with van der Waals surface area (Å²) in [5.74, 6) is 2.13. The molecule has 0 radical (unpaired) electrons. The van der Waals surface area contributed by atoms with Crippen LogP contribution < -0.4 is 29.7 Å². The summed E-state index contributed by atoms with van der Waals surface area (Å²) in [5, 5.41) is 0. The number of para-hydroxylation sites is 1. The monoisotopic (exact) mass is 500 g/mol. The van der Waals surface area contributed by atoms with Crippen LogP contribution in [0.2, 0.25) is 0 Å². The zero-order valence-electron chi connectivity index (χ0n) is 17.3. The molecule has 1 aliphatic heterocycles. The first-order valence-electron chi connectivity index (χ1n) is 10.2. The minimum atomic E-state index is 0. The van der Waals surface area contributed by atoms with Gasteiger partial charge in [-0.1, -0.05) is 65.2 Å². The molecule has 0 unspecified atom stereocenters. The van der Waals surface area contributed by atoms with E-state index in [-0.39, 0.29) is 44.3 Å². The van der Waals surface area contributed by atoms with E-state index in [1.807, 2.05) is 0 Å². The second-order valence-electron chi connectivity index (χ2n) is 8.58. The van der Waals surface area contributed by atoms with Gasteiger partial charge in [-0.3, -0.25) is 4.90 Å². The van der Waals surface area contributed by atoms with E-state index >= 15 is 0 Å². The number of benzene rings is 1. The van der Waals surface area contributed by atoms with Gasteiger partial charge in [-0.25, -0.2) is 0 Å². The molecule has 3 rings (SSSR count). The summed E-state index contributed by atoms with van der Waals surface area (Å²) in [6.45, 7) is 14.2. The van der Waals surface area contributed by atoms with Gasteiger partial charge in [-0.05, 0) is 41.7 Å². The summed E-state index contributed by atoms with van der Waals surface area (Å²) in [4.78, 5) is 5.37. The van der Waals surface area contributed by atoms with Crippen LogP contribution in [-0.2, 0) is 19.5 Å². The molecule has 2 aliphatic rings. The Balaban J connectivity index is 0.00000225. The van der Waals surface area contributed by atoms with Gasteiger partial charge in [-0.15, -0.1) is 0 Å². The van der Waals surface area contributed by atoms with Crippen LogP contribution >= 0.6 is 0 Å². The first kappa shape index (κ1) is 27.2. The molecule has 156 valence electrons. The molecular weight excluding hydrogens is 464 g/mol. The second kappa shape index (κ2) is 12.7. The van der Waals surface area contributed by atoms with Crippen LogP contribution in [0, 0.1) is 5.92 Å². The molecule has 1 saturated carbocycles. The van der Waals surface area contributed by atoms with Crippen LogP contribution in [0.15, 0.2) is 18.2 Å². The fourth-order valence-corrected chi connectivity index (χ4v) is 4.59. The van der Waals surface area contributed by atoms with E-state index in [0.29, 0.717) is 11.8 Å². The van der Waals surface area contributed by atoms with Crippen molar-refractivity contribution in [1.82, 2.24) is 4.90 Å². The van der Waals surface area contributed by atoms with Crippen molar-refractivity contribution in [3.63, 3.8) is 0 Å². The zero-order chi connectivity index (χ0) is 17.1. The van der Waals surface area contributed by atoms with Gasteiger partial charge >= 0.3 is 19.5 Å². The summed E-state index contributed by atoms with van der Waals surface area (Å²) < 4.78 is 0. The Morgan fingerprint density at radius 3 is 1.96 bits per heavy atom. The number of hydrogen-bond acceptors (Lipinski definition) is 2. The maximum absolute atomic E-state index is 2.71. The SMILES string of the molecule is CC(C)c1cccc(C(C)C)c1N1CCN(CC2CCCCC2)C1.[Cl-].[Cl-].[Ru+2]. The number of hydrogen-bond donors (Lipinski definition) is 0. The van der Waals surface area contributed by atoms with Crippen LogP contribution in [0.1, 0.15) is 82.8 Å². The van der Waals surface area contributed by atoms with Crippen molar-refractivity contribution in [2.24, 2.45) is 5.92 Å². The van der Waals surface area contributed by atoms with Crippen LogP contribution in [0.4, 0.5) is 5.69 Å². The van der Waals surface area contributed by atoms with Crippen molar-refractivity contribution in [1.29, 1.82) is 0 Å². The van der Waals surface area contributed by atoms with Crippen molar-refractivity contribution in [3.8, 4) is 0 Å². The average molecular weight is 501 g/mol. The first-order valence-corrected chi connectivity index (χ1v) is 10.2. The van der Waals surface area contributed by atoms with E-state index in [2.05, 4.69) is 55.7 Å². The van der Waals surface area contributed by atoms with Crippen molar-refractivity contribution in [2.45, 2.75) is 71.6 Å². The predicted octanol–water partition coefficient (Wildman–Crippen LogP) is -0.401. The Morgan fingerprint density at radius 1 is 0.889 bits per heavy atom. The van der Waals surface area contributed by atoms with Gasteiger partial charge in [0.25, 0.3) is 0 Å². The molecule has 27 heavy (non-hydrogen) atoms. The van der Waals surface area contributed by atoms with E-state index in [1.165, 1.54) is 68.6 Å². The van der Waals surface area contributed by atoms with Crippen LogP contribution in [0.5, 0.6) is 0 Å². The zero-order valence-corrected chi connectivity index (χ0v) is 20.6. The van der Waals surface area contributed by atoms with Gasteiger partial charge in [0.05, 0.1) is 6.67 Å². The minimum Gasteiger partial charge on any atom is -1.00 e. The molecule has 1 saturated heterocycles. The minimum absolute atomic E-state index is 0. The van der Waals surface area contributed by atoms with Crippen LogP contribution in [-0.4, -0.2) is 31.2 Å². The molecule has 1 aliphatic carbocycles. The smallest absolute Gasteiger partial charge is 1.00 e. The number of nitrogens with zero attached hydrogens (tertiary/aromatic N) is 2.